The van der Waals surface area contributed by atoms with Crippen molar-refractivity contribution in [2.75, 3.05) is 35.8 Å². The molecule has 14 heteroatoms. The van der Waals surface area contributed by atoms with Gasteiger partial charge in [-0.15, -0.1) is 0 Å². The molecule has 1 heterocycles. The molecule has 43 heavy (non-hydrogen) atoms. The summed E-state index contributed by atoms with van der Waals surface area (Å²) in [4.78, 5) is 9.46. The van der Waals surface area contributed by atoms with Crippen molar-refractivity contribution >= 4 is 54.4 Å². The SMILES string of the molecule is COc1cccc(Nc2nc(NN=C(C)c3ccc(S(C)(=O)=O)cc3)cc(NN=C(C)c3ccc(S(C)(=O)=O)cc3)n2)c1. The Morgan fingerprint density at radius 3 is 1.58 bits per heavy atom. The van der Waals surface area contributed by atoms with Gasteiger partial charge in [0.25, 0.3) is 0 Å². The molecular formula is C29H31N7O5S2. The molecule has 0 atom stereocenters. The van der Waals surface area contributed by atoms with Gasteiger partial charge in [-0.3, -0.25) is 10.9 Å². The highest BCUT2D eigenvalue weighted by molar-refractivity contribution is 7.91. The van der Waals surface area contributed by atoms with Crippen LogP contribution in [-0.4, -0.2) is 57.8 Å². The van der Waals surface area contributed by atoms with Crippen LogP contribution in [-0.2, 0) is 19.7 Å². The van der Waals surface area contributed by atoms with Crippen LogP contribution in [0.1, 0.15) is 25.0 Å². The Bertz CT molecular complexity index is 1780. The van der Waals surface area contributed by atoms with Gasteiger partial charge in [-0.1, -0.05) is 30.3 Å². The van der Waals surface area contributed by atoms with Crippen LogP contribution >= 0.6 is 0 Å². The number of ether oxygens (including phenoxy) is 1. The summed E-state index contributed by atoms with van der Waals surface area (Å²) in [5.74, 6) is 1.60. The van der Waals surface area contributed by atoms with Gasteiger partial charge in [0.15, 0.2) is 31.3 Å². The number of benzene rings is 3. The van der Waals surface area contributed by atoms with Gasteiger partial charge >= 0.3 is 0 Å². The molecule has 0 aliphatic heterocycles. The summed E-state index contributed by atoms with van der Waals surface area (Å²) in [6.07, 6.45) is 2.31. The van der Waals surface area contributed by atoms with Crippen LogP contribution in [0.3, 0.4) is 0 Å². The van der Waals surface area contributed by atoms with Crippen LogP contribution in [0.2, 0.25) is 0 Å². The molecule has 0 radical (unpaired) electrons. The Kier molecular flexibility index (Phi) is 9.41. The summed E-state index contributed by atoms with van der Waals surface area (Å²) in [6, 6.07) is 21.7. The summed E-state index contributed by atoms with van der Waals surface area (Å²) in [6.45, 7) is 3.56. The van der Waals surface area contributed by atoms with E-state index in [0.29, 0.717) is 34.5 Å². The number of sulfone groups is 2. The highest BCUT2D eigenvalue weighted by Gasteiger charge is 2.10. The summed E-state index contributed by atoms with van der Waals surface area (Å²) < 4.78 is 52.4. The lowest BCUT2D eigenvalue weighted by atomic mass is 10.1. The number of hydrazone groups is 2. The first-order valence-corrected chi connectivity index (χ1v) is 16.6. The number of methoxy groups -OCH3 is 1. The fourth-order valence-electron chi connectivity index (χ4n) is 3.75. The Hall–Kier alpha value is -4.82. The molecule has 0 spiro atoms. The van der Waals surface area contributed by atoms with Crippen LogP contribution < -0.4 is 20.9 Å². The van der Waals surface area contributed by atoms with Gasteiger partial charge < -0.3 is 10.1 Å². The molecular weight excluding hydrogens is 590 g/mol. The fourth-order valence-corrected chi connectivity index (χ4v) is 5.01. The minimum Gasteiger partial charge on any atom is -0.497 e. The van der Waals surface area contributed by atoms with E-state index in [1.54, 1.807) is 57.4 Å². The minimum atomic E-state index is -3.31. The summed E-state index contributed by atoms with van der Waals surface area (Å²) in [7, 11) is -5.04. The molecule has 0 fully saturated rings. The van der Waals surface area contributed by atoms with Gasteiger partial charge in [0.1, 0.15) is 5.75 Å². The van der Waals surface area contributed by atoms with Gasteiger partial charge in [0.2, 0.25) is 5.95 Å². The quantitative estimate of drug-likeness (QED) is 0.158. The number of hydrogen-bond acceptors (Lipinski definition) is 12. The van der Waals surface area contributed by atoms with Crippen molar-refractivity contribution in [2.45, 2.75) is 23.6 Å². The smallest absolute Gasteiger partial charge is 0.231 e. The maximum absolute atomic E-state index is 11.8. The van der Waals surface area contributed by atoms with Crippen LogP contribution in [0.5, 0.6) is 5.75 Å². The first-order chi connectivity index (χ1) is 20.3. The molecule has 0 bridgehead atoms. The third-order valence-corrected chi connectivity index (χ3v) is 8.39. The molecule has 12 nitrogen and oxygen atoms in total. The Morgan fingerprint density at radius 2 is 1.16 bits per heavy atom. The fraction of sp³-hybridized carbons (Fsp3) is 0.172. The summed E-state index contributed by atoms with van der Waals surface area (Å²) >= 11 is 0. The van der Waals surface area contributed by atoms with Crippen molar-refractivity contribution < 1.29 is 21.6 Å². The summed E-state index contributed by atoms with van der Waals surface area (Å²) in [5, 5.41) is 12.0. The van der Waals surface area contributed by atoms with Crippen LogP contribution in [0.4, 0.5) is 23.3 Å². The van der Waals surface area contributed by atoms with Gasteiger partial charge in [0, 0.05) is 30.3 Å². The maximum Gasteiger partial charge on any atom is 0.231 e. The normalized spacial score (nSPS) is 12.5. The monoisotopic (exact) mass is 621 g/mol. The zero-order chi connectivity index (χ0) is 31.2. The Labute approximate surface area is 250 Å². The molecule has 0 saturated carbocycles. The van der Waals surface area contributed by atoms with Crippen LogP contribution in [0, 0.1) is 0 Å². The number of nitrogens with zero attached hydrogens (tertiary/aromatic N) is 4. The van der Waals surface area contributed by atoms with Crippen LogP contribution in [0.25, 0.3) is 0 Å². The standard InChI is InChI=1S/C29H31N7O5S2/c1-19(21-9-13-25(14-10-21)42(4,37)38)33-35-27-18-28(32-29(31-27)30-23-7-6-8-24(17-23)41-3)36-34-20(2)22-11-15-26(16-12-22)43(5,39)40/h6-18H,1-5H3,(H3,30,31,32,35,36). The molecule has 0 saturated heterocycles. The number of nitrogens with one attached hydrogen (secondary N) is 3. The van der Waals surface area contributed by atoms with E-state index < -0.39 is 19.7 Å². The minimum absolute atomic E-state index is 0.221. The van der Waals surface area contributed by atoms with E-state index in [4.69, 9.17) is 4.74 Å². The van der Waals surface area contributed by atoms with Crippen molar-refractivity contribution in [2.24, 2.45) is 10.2 Å². The first-order valence-electron chi connectivity index (χ1n) is 12.8. The lowest BCUT2D eigenvalue weighted by Crippen LogP contribution is -2.07. The predicted molar refractivity (Wildman–Crippen MR) is 169 cm³/mol. The van der Waals surface area contributed by atoms with Crippen molar-refractivity contribution in [3.05, 3.63) is 90.0 Å². The average molecular weight is 622 g/mol. The van der Waals surface area contributed by atoms with E-state index in [2.05, 4.69) is 36.3 Å². The molecule has 4 rings (SSSR count). The first kappa shape index (κ1) is 31.1. The van der Waals surface area contributed by atoms with E-state index in [1.165, 1.54) is 24.3 Å². The number of aromatic nitrogens is 2. The van der Waals surface area contributed by atoms with Crippen molar-refractivity contribution in [1.29, 1.82) is 0 Å². The lowest BCUT2D eigenvalue weighted by molar-refractivity contribution is 0.415. The van der Waals surface area contributed by atoms with Crippen molar-refractivity contribution in [1.82, 2.24) is 9.97 Å². The molecule has 224 valence electrons. The maximum atomic E-state index is 11.8. The zero-order valence-corrected chi connectivity index (χ0v) is 25.8. The predicted octanol–water partition coefficient (Wildman–Crippen LogP) is 4.71. The number of anilines is 4. The second-order valence-corrected chi connectivity index (χ2v) is 13.6. The lowest BCUT2D eigenvalue weighted by Gasteiger charge is -2.11. The third kappa shape index (κ3) is 8.59. The van der Waals surface area contributed by atoms with Gasteiger partial charge in [-0.25, -0.2) is 16.8 Å². The molecule has 0 aliphatic carbocycles. The van der Waals surface area contributed by atoms with E-state index in [9.17, 15) is 16.8 Å². The van der Waals surface area contributed by atoms with E-state index in [-0.39, 0.29) is 15.7 Å². The average Bonchev–Trinajstić information content (AvgIpc) is 2.98. The second kappa shape index (κ2) is 13.0. The molecule has 0 aliphatic rings. The van der Waals surface area contributed by atoms with Crippen LogP contribution in [0.15, 0.2) is 98.9 Å². The van der Waals surface area contributed by atoms with E-state index >= 15 is 0 Å². The highest BCUT2D eigenvalue weighted by atomic mass is 32.2. The summed E-state index contributed by atoms with van der Waals surface area (Å²) in [5.41, 5.74) is 9.19. The van der Waals surface area contributed by atoms with Crippen molar-refractivity contribution in [3.8, 4) is 5.75 Å². The Balaban J connectivity index is 1.60. The number of rotatable bonds is 11. The van der Waals surface area contributed by atoms with Gasteiger partial charge in [-0.05, 0) is 61.4 Å². The van der Waals surface area contributed by atoms with E-state index in [1.807, 2.05) is 18.2 Å². The molecule has 3 aromatic carbocycles. The highest BCUT2D eigenvalue weighted by Crippen LogP contribution is 2.22. The van der Waals surface area contributed by atoms with Gasteiger partial charge in [0.05, 0.1) is 28.3 Å². The third-order valence-electron chi connectivity index (χ3n) is 6.13. The molecule has 0 unspecified atom stereocenters. The molecule has 1 aromatic heterocycles. The molecule has 3 N–H and O–H groups in total. The Morgan fingerprint density at radius 1 is 0.698 bits per heavy atom. The molecule has 0 amide bonds. The largest absolute Gasteiger partial charge is 0.497 e. The van der Waals surface area contributed by atoms with Crippen molar-refractivity contribution in [3.63, 3.8) is 0 Å². The van der Waals surface area contributed by atoms with E-state index in [0.717, 1.165) is 23.6 Å². The zero-order valence-electron chi connectivity index (χ0n) is 24.2. The second-order valence-electron chi connectivity index (χ2n) is 9.53. The topological polar surface area (TPSA) is 164 Å². The van der Waals surface area contributed by atoms with Gasteiger partial charge in [-0.2, -0.15) is 20.2 Å². The number of hydrogen-bond donors (Lipinski definition) is 3. The molecule has 4 aromatic rings.